The van der Waals surface area contributed by atoms with Gasteiger partial charge in [0.05, 0.1) is 12.6 Å². The summed E-state index contributed by atoms with van der Waals surface area (Å²) in [5.74, 6) is -1.79. The van der Waals surface area contributed by atoms with Gasteiger partial charge in [-0.05, 0) is 24.6 Å². The highest BCUT2D eigenvalue weighted by Crippen LogP contribution is 2.12. The predicted molar refractivity (Wildman–Crippen MR) is 67.8 cm³/mol. The second-order valence-corrected chi connectivity index (χ2v) is 4.00. The Hall–Kier alpha value is -1.95. The fourth-order valence-corrected chi connectivity index (χ4v) is 1.44. The maximum atomic E-state index is 12.8. The van der Waals surface area contributed by atoms with E-state index in [1.165, 1.54) is 19.2 Å². The van der Waals surface area contributed by atoms with Crippen molar-refractivity contribution in [2.24, 2.45) is 0 Å². The number of hydrogen-bond donors (Lipinski definition) is 2. The van der Waals surface area contributed by atoms with Gasteiger partial charge < -0.3 is 15.4 Å². The van der Waals surface area contributed by atoms with Crippen molar-refractivity contribution in [1.29, 1.82) is 0 Å². The molecule has 1 aromatic carbocycles. The van der Waals surface area contributed by atoms with E-state index in [1.807, 2.05) is 0 Å². The summed E-state index contributed by atoms with van der Waals surface area (Å²) in [6.07, 6.45) is 0. The van der Waals surface area contributed by atoms with Gasteiger partial charge in [0.1, 0.15) is 5.82 Å². The lowest BCUT2D eigenvalue weighted by Crippen LogP contribution is -2.41. The molecule has 0 aliphatic rings. The normalized spacial score (nSPS) is 11.7. The number of nitrogens with one attached hydrogen (secondary N) is 2. The summed E-state index contributed by atoms with van der Waals surface area (Å²) in [4.78, 5) is 22.9. The number of ether oxygens (including phenoxy) is 1. The third kappa shape index (κ3) is 5.05. The summed E-state index contributed by atoms with van der Waals surface area (Å²) in [5.41, 5.74) is 0.722. The van der Waals surface area contributed by atoms with Crippen LogP contribution >= 0.6 is 0 Å². The summed E-state index contributed by atoms with van der Waals surface area (Å²) in [6.45, 7) is 2.33. The second-order valence-electron chi connectivity index (χ2n) is 4.00. The number of carbonyl (C=O) groups excluding carboxylic acids is 2. The van der Waals surface area contributed by atoms with Crippen LogP contribution in [-0.4, -0.2) is 32.1 Å². The molecule has 0 saturated carbocycles. The van der Waals surface area contributed by atoms with Crippen molar-refractivity contribution < 1.29 is 18.7 Å². The van der Waals surface area contributed by atoms with E-state index in [9.17, 15) is 14.0 Å². The van der Waals surface area contributed by atoms with Gasteiger partial charge in [-0.3, -0.25) is 9.59 Å². The Balaban J connectivity index is 2.47. The van der Waals surface area contributed by atoms with E-state index >= 15 is 0 Å². The zero-order chi connectivity index (χ0) is 14.3. The van der Waals surface area contributed by atoms with Crippen LogP contribution in [0, 0.1) is 5.82 Å². The Morgan fingerprint density at radius 2 is 1.89 bits per heavy atom. The first-order valence-corrected chi connectivity index (χ1v) is 5.87. The Kier molecular flexibility index (Phi) is 5.95. The standard InChI is InChI=1S/C13H17FN2O3/c1-9(10-3-5-11(14)6-4-10)16-13(18)12(17)15-7-8-19-2/h3-6,9H,7-8H2,1-2H3,(H,15,17)(H,16,18)/t9-/m0/s1. The molecule has 0 aliphatic carbocycles. The minimum atomic E-state index is -0.729. The van der Waals surface area contributed by atoms with Gasteiger partial charge in [0, 0.05) is 13.7 Å². The highest BCUT2D eigenvalue weighted by Gasteiger charge is 2.16. The van der Waals surface area contributed by atoms with Gasteiger partial charge in [-0.2, -0.15) is 0 Å². The third-order valence-electron chi connectivity index (χ3n) is 2.52. The number of carbonyl (C=O) groups is 2. The SMILES string of the molecule is COCCNC(=O)C(=O)N[C@@H](C)c1ccc(F)cc1. The Labute approximate surface area is 111 Å². The molecule has 5 nitrogen and oxygen atoms in total. The number of hydrogen-bond acceptors (Lipinski definition) is 3. The van der Waals surface area contributed by atoms with E-state index in [2.05, 4.69) is 10.6 Å². The molecule has 0 radical (unpaired) electrons. The van der Waals surface area contributed by atoms with Crippen molar-refractivity contribution >= 4 is 11.8 Å². The maximum absolute atomic E-state index is 12.8. The van der Waals surface area contributed by atoms with Crippen molar-refractivity contribution in [3.8, 4) is 0 Å². The van der Waals surface area contributed by atoms with Gasteiger partial charge in [0.15, 0.2) is 0 Å². The van der Waals surface area contributed by atoms with E-state index in [4.69, 9.17) is 4.74 Å². The van der Waals surface area contributed by atoms with Crippen molar-refractivity contribution in [3.05, 3.63) is 35.6 Å². The number of benzene rings is 1. The lowest BCUT2D eigenvalue weighted by Gasteiger charge is -2.14. The summed E-state index contributed by atoms with van der Waals surface area (Å²) in [6, 6.07) is 5.35. The fraction of sp³-hybridized carbons (Fsp3) is 0.385. The Bertz CT molecular complexity index is 434. The molecule has 0 unspecified atom stereocenters. The third-order valence-corrected chi connectivity index (χ3v) is 2.52. The molecule has 104 valence electrons. The quantitative estimate of drug-likeness (QED) is 0.612. The molecule has 2 N–H and O–H groups in total. The predicted octanol–water partition coefficient (Wildman–Crippen LogP) is 0.765. The van der Waals surface area contributed by atoms with Crippen molar-refractivity contribution in [2.45, 2.75) is 13.0 Å². The van der Waals surface area contributed by atoms with Gasteiger partial charge in [0.25, 0.3) is 0 Å². The lowest BCUT2D eigenvalue weighted by atomic mass is 10.1. The van der Waals surface area contributed by atoms with Gasteiger partial charge >= 0.3 is 11.8 Å². The van der Waals surface area contributed by atoms with Crippen LogP contribution in [0.25, 0.3) is 0 Å². The Morgan fingerprint density at radius 1 is 1.26 bits per heavy atom. The highest BCUT2D eigenvalue weighted by atomic mass is 19.1. The molecule has 0 bridgehead atoms. The molecule has 1 aromatic rings. The molecule has 0 saturated heterocycles. The zero-order valence-electron chi connectivity index (χ0n) is 10.9. The van der Waals surface area contributed by atoms with Crippen LogP contribution in [-0.2, 0) is 14.3 Å². The van der Waals surface area contributed by atoms with Crippen LogP contribution in [0.1, 0.15) is 18.5 Å². The monoisotopic (exact) mass is 268 g/mol. The van der Waals surface area contributed by atoms with E-state index in [1.54, 1.807) is 19.1 Å². The zero-order valence-corrected chi connectivity index (χ0v) is 10.9. The lowest BCUT2D eigenvalue weighted by molar-refractivity contribution is -0.139. The highest BCUT2D eigenvalue weighted by molar-refractivity contribution is 6.35. The number of halogens is 1. The van der Waals surface area contributed by atoms with Crippen LogP contribution in [0.15, 0.2) is 24.3 Å². The summed E-state index contributed by atoms with van der Waals surface area (Å²) >= 11 is 0. The van der Waals surface area contributed by atoms with Crippen LogP contribution in [0.5, 0.6) is 0 Å². The Morgan fingerprint density at radius 3 is 2.47 bits per heavy atom. The van der Waals surface area contributed by atoms with Crippen LogP contribution < -0.4 is 10.6 Å². The molecular weight excluding hydrogens is 251 g/mol. The number of amides is 2. The first kappa shape index (κ1) is 15.1. The second kappa shape index (κ2) is 7.48. The van der Waals surface area contributed by atoms with Crippen LogP contribution in [0.3, 0.4) is 0 Å². The van der Waals surface area contributed by atoms with Crippen LogP contribution in [0.4, 0.5) is 4.39 Å². The molecule has 0 fully saturated rings. The summed E-state index contributed by atoms with van der Waals surface area (Å²) in [5, 5.41) is 4.94. The van der Waals surface area contributed by atoms with Crippen molar-refractivity contribution in [2.75, 3.05) is 20.3 Å². The maximum Gasteiger partial charge on any atom is 0.309 e. The first-order chi connectivity index (χ1) is 9.04. The summed E-state index contributed by atoms with van der Waals surface area (Å²) in [7, 11) is 1.50. The molecule has 1 rings (SSSR count). The number of rotatable bonds is 5. The van der Waals surface area contributed by atoms with Gasteiger partial charge in [0.2, 0.25) is 0 Å². The first-order valence-electron chi connectivity index (χ1n) is 5.87. The van der Waals surface area contributed by atoms with Crippen LogP contribution in [0.2, 0.25) is 0 Å². The minimum absolute atomic E-state index is 0.272. The molecule has 6 heteroatoms. The average molecular weight is 268 g/mol. The average Bonchev–Trinajstić information content (AvgIpc) is 2.39. The van der Waals surface area contributed by atoms with E-state index in [0.29, 0.717) is 6.61 Å². The summed E-state index contributed by atoms with van der Waals surface area (Å²) < 4.78 is 17.5. The molecule has 0 aromatic heterocycles. The van der Waals surface area contributed by atoms with Crippen molar-refractivity contribution in [1.82, 2.24) is 10.6 Å². The molecule has 19 heavy (non-hydrogen) atoms. The molecule has 2 amide bonds. The van der Waals surface area contributed by atoms with Crippen molar-refractivity contribution in [3.63, 3.8) is 0 Å². The fourth-order valence-electron chi connectivity index (χ4n) is 1.44. The van der Waals surface area contributed by atoms with E-state index < -0.39 is 11.8 Å². The number of methoxy groups -OCH3 is 1. The van der Waals surface area contributed by atoms with E-state index in [0.717, 1.165) is 5.56 Å². The topological polar surface area (TPSA) is 67.4 Å². The molecule has 0 heterocycles. The van der Waals surface area contributed by atoms with E-state index in [-0.39, 0.29) is 18.4 Å². The molecular formula is C13H17FN2O3. The van der Waals surface area contributed by atoms with Gasteiger partial charge in [-0.15, -0.1) is 0 Å². The van der Waals surface area contributed by atoms with Gasteiger partial charge in [-0.1, -0.05) is 12.1 Å². The molecule has 0 spiro atoms. The van der Waals surface area contributed by atoms with Gasteiger partial charge in [-0.25, -0.2) is 4.39 Å². The molecule has 0 aliphatic heterocycles. The smallest absolute Gasteiger partial charge is 0.309 e. The largest absolute Gasteiger partial charge is 0.383 e. The molecule has 1 atom stereocenters. The minimum Gasteiger partial charge on any atom is -0.383 e.